The normalized spacial score (nSPS) is 39.4. The van der Waals surface area contributed by atoms with Crippen LogP contribution in [0.25, 0.3) is 0 Å². The van der Waals surface area contributed by atoms with E-state index in [1.54, 1.807) is 12.2 Å². The molecule has 0 amide bonds. The van der Waals surface area contributed by atoms with Crippen LogP contribution in [-0.2, 0) is 9.53 Å². The van der Waals surface area contributed by atoms with Crippen LogP contribution in [0.4, 0.5) is 0 Å². The molecule has 0 saturated carbocycles. The summed E-state index contributed by atoms with van der Waals surface area (Å²) in [7, 11) is 0. The molecular weight excluding hydrogens is 144 g/mol. The molecule has 1 N–H and O–H groups in total. The van der Waals surface area contributed by atoms with Gasteiger partial charge < -0.3 is 9.84 Å². The third kappa shape index (κ3) is 0.744. The van der Waals surface area contributed by atoms with Gasteiger partial charge in [-0.1, -0.05) is 11.6 Å². The van der Waals surface area contributed by atoms with Crippen LogP contribution < -0.4 is 0 Å². The Hall–Kier alpha value is -1.09. The summed E-state index contributed by atoms with van der Waals surface area (Å²) in [5.74, 6) is -0.900. The van der Waals surface area contributed by atoms with E-state index in [2.05, 4.69) is 0 Å². The van der Waals surface area contributed by atoms with Crippen molar-refractivity contribution in [1.82, 2.24) is 0 Å². The lowest BCUT2D eigenvalue weighted by atomic mass is 9.98. The van der Waals surface area contributed by atoms with Crippen LogP contribution in [0, 0.1) is 0 Å². The summed E-state index contributed by atoms with van der Waals surface area (Å²) >= 11 is 0. The van der Waals surface area contributed by atoms with Gasteiger partial charge in [0.25, 0.3) is 0 Å². The maximum absolute atomic E-state index is 10.6. The van der Waals surface area contributed by atoms with E-state index in [4.69, 9.17) is 9.84 Å². The van der Waals surface area contributed by atoms with Crippen LogP contribution in [0.2, 0.25) is 0 Å². The topological polar surface area (TPSA) is 49.8 Å². The average Bonchev–Trinajstić information content (AvgIpc) is 2.62. The highest BCUT2D eigenvalue weighted by Crippen LogP contribution is 2.42. The highest BCUT2D eigenvalue weighted by atomic mass is 16.6. The fourth-order valence-corrected chi connectivity index (χ4v) is 1.26. The van der Waals surface area contributed by atoms with Gasteiger partial charge in [-0.3, -0.25) is 0 Å². The second-order valence-electron chi connectivity index (χ2n) is 2.88. The van der Waals surface area contributed by atoms with Crippen LogP contribution in [0.15, 0.2) is 23.8 Å². The van der Waals surface area contributed by atoms with Crippen molar-refractivity contribution >= 4 is 5.97 Å². The highest BCUT2D eigenvalue weighted by molar-refractivity contribution is 5.85. The first-order chi connectivity index (χ1) is 5.15. The minimum atomic E-state index is -1.01. The van der Waals surface area contributed by atoms with Gasteiger partial charge in [0.05, 0.1) is 0 Å². The molecule has 3 nitrogen and oxygen atoms in total. The molecule has 2 unspecified atom stereocenters. The second-order valence-corrected chi connectivity index (χ2v) is 2.88. The van der Waals surface area contributed by atoms with Crippen molar-refractivity contribution in [3.63, 3.8) is 0 Å². The number of aliphatic carboxylic acids is 1. The minimum Gasteiger partial charge on any atom is -0.479 e. The number of ether oxygens (including phenoxy) is 1. The number of fused-ring (bicyclic) bond motifs is 1. The van der Waals surface area contributed by atoms with Gasteiger partial charge in [-0.25, -0.2) is 4.79 Å². The first kappa shape index (κ1) is 6.61. The zero-order chi connectivity index (χ0) is 8.06. The molecule has 0 bridgehead atoms. The number of carboxylic acids is 1. The highest BCUT2D eigenvalue weighted by Gasteiger charge is 2.61. The van der Waals surface area contributed by atoms with E-state index in [0.717, 1.165) is 5.57 Å². The Morgan fingerprint density at radius 3 is 3.09 bits per heavy atom. The van der Waals surface area contributed by atoms with Crippen LogP contribution in [0.1, 0.15) is 6.92 Å². The molecular formula is C8H8O3. The van der Waals surface area contributed by atoms with E-state index < -0.39 is 11.6 Å². The Morgan fingerprint density at radius 1 is 1.82 bits per heavy atom. The Morgan fingerprint density at radius 2 is 2.55 bits per heavy atom. The largest absolute Gasteiger partial charge is 0.479 e. The lowest BCUT2D eigenvalue weighted by molar-refractivity contribution is -0.141. The first-order valence-corrected chi connectivity index (χ1v) is 3.44. The Bertz CT molecular complexity index is 277. The van der Waals surface area contributed by atoms with Crippen LogP contribution in [-0.4, -0.2) is 22.8 Å². The fraction of sp³-hybridized carbons (Fsp3) is 0.375. The number of hydrogen-bond acceptors (Lipinski definition) is 2. The van der Waals surface area contributed by atoms with Crippen molar-refractivity contribution in [3.05, 3.63) is 23.8 Å². The van der Waals surface area contributed by atoms with Gasteiger partial charge in [-0.05, 0) is 19.1 Å². The molecule has 0 aromatic heterocycles. The van der Waals surface area contributed by atoms with Crippen molar-refractivity contribution < 1.29 is 14.6 Å². The summed E-state index contributed by atoms with van der Waals surface area (Å²) < 4.78 is 5.03. The lowest BCUT2D eigenvalue weighted by Crippen LogP contribution is -2.25. The number of carboxylic acid groups (broad SMARTS) is 1. The number of rotatable bonds is 1. The van der Waals surface area contributed by atoms with E-state index in [1.165, 1.54) is 0 Å². The molecule has 1 heterocycles. The molecule has 2 aliphatic rings. The number of carbonyl (C=O) groups is 1. The Labute approximate surface area is 64.0 Å². The molecule has 1 saturated heterocycles. The summed E-state index contributed by atoms with van der Waals surface area (Å²) in [5, 5.41) is 8.72. The molecule has 58 valence electrons. The molecule has 3 heteroatoms. The van der Waals surface area contributed by atoms with E-state index in [1.807, 2.05) is 13.0 Å². The molecule has 2 rings (SSSR count). The van der Waals surface area contributed by atoms with Gasteiger partial charge >= 0.3 is 5.97 Å². The average molecular weight is 152 g/mol. The number of allylic oxidation sites excluding steroid dienone is 2. The minimum absolute atomic E-state index is 0.231. The smallest absolute Gasteiger partial charge is 0.343 e. The van der Waals surface area contributed by atoms with Gasteiger partial charge in [0.2, 0.25) is 5.60 Å². The predicted molar refractivity (Wildman–Crippen MR) is 38.1 cm³/mol. The molecule has 11 heavy (non-hydrogen) atoms. The van der Waals surface area contributed by atoms with Gasteiger partial charge in [-0.15, -0.1) is 0 Å². The summed E-state index contributed by atoms with van der Waals surface area (Å²) in [6, 6.07) is 0. The summed E-state index contributed by atoms with van der Waals surface area (Å²) in [6.45, 7) is 1.92. The molecule has 0 aromatic rings. The molecule has 0 radical (unpaired) electrons. The maximum Gasteiger partial charge on any atom is 0.343 e. The summed E-state index contributed by atoms with van der Waals surface area (Å²) in [4.78, 5) is 10.6. The predicted octanol–water partition coefficient (Wildman–Crippen LogP) is 0.725. The van der Waals surface area contributed by atoms with Crippen LogP contribution in [0.3, 0.4) is 0 Å². The van der Waals surface area contributed by atoms with Crippen molar-refractivity contribution in [1.29, 1.82) is 0 Å². The molecule has 0 spiro atoms. The third-order valence-corrected chi connectivity index (χ3v) is 2.03. The standard InChI is InChI=1S/C8H8O3/c1-5-2-3-8(7(9)10)6(4-5)11-8/h2-4,6H,1H3,(H,9,10). The van der Waals surface area contributed by atoms with E-state index in [0.29, 0.717) is 0 Å². The summed E-state index contributed by atoms with van der Waals surface area (Å²) in [6.07, 6.45) is 4.98. The van der Waals surface area contributed by atoms with Crippen LogP contribution >= 0.6 is 0 Å². The molecule has 1 aliphatic heterocycles. The number of epoxide rings is 1. The molecule has 0 aromatic carbocycles. The number of hydrogen-bond donors (Lipinski definition) is 1. The molecule has 1 aliphatic carbocycles. The Balaban J connectivity index is 2.30. The molecule has 2 atom stereocenters. The quantitative estimate of drug-likeness (QED) is 0.563. The Kier molecular flexibility index (Phi) is 1.04. The second kappa shape index (κ2) is 1.74. The maximum atomic E-state index is 10.6. The lowest BCUT2D eigenvalue weighted by Gasteiger charge is -2.03. The van der Waals surface area contributed by atoms with Gasteiger partial charge in [-0.2, -0.15) is 0 Å². The monoisotopic (exact) mass is 152 g/mol. The first-order valence-electron chi connectivity index (χ1n) is 3.44. The SMILES string of the molecule is CC1=CC2OC2(C(=O)O)C=C1. The summed E-state index contributed by atoms with van der Waals surface area (Å²) in [5.41, 5.74) is 0.0452. The van der Waals surface area contributed by atoms with Gasteiger partial charge in [0.15, 0.2) is 0 Å². The van der Waals surface area contributed by atoms with Crippen molar-refractivity contribution in [2.24, 2.45) is 0 Å². The zero-order valence-corrected chi connectivity index (χ0v) is 6.07. The van der Waals surface area contributed by atoms with Crippen molar-refractivity contribution in [2.45, 2.75) is 18.6 Å². The molecule has 1 fully saturated rings. The van der Waals surface area contributed by atoms with E-state index in [-0.39, 0.29) is 6.10 Å². The fourth-order valence-electron chi connectivity index (χ4n) is 1.26. The van der Waals surface area contributed by atoms with E-state index in [9.17, 15) is 4.79 Å². The third-order valence-electron chi connectivity index (χ3n) is 2.03. The van der Waals surface area contributed by atoms with Gasteiger partial charge in [0, 0.05) is 0 Å². The van der Waals surface area contributed by atoms with Crippen molar-refractivity contribution in [2.75, 3.05) is 0 Å². The van der Waals surface area contributed by atoms with Gasteiger partial charge in [0.1, 0.15) is 6.10 Å². The van der Waals surface area contributed by atoms with E-state index >= 15 is 0 Å². The zero-order valence-electron chi connectivity index (χ0n) is 6.07. The van der Waals surface area contributed by atoms with Crippen LogP contribution in [0.5, 0.6) is 0 Å². The van der Waals surface area contributed by atoms with Crippen molar-refractivity contribution in [3.8, 4) is 0 Å².